The molecular formula is C26H27FO4S. The van der Waals surface area contributed by atoms with E-state index in [-0.39, 0.29) is 18.2 Å². The van der Waals surface area contributed by atoms with E-state index < -0.39 is 24.6 Å². The summed E-state index contributed by atoms with van der Waals surface area (Å²) in [5.41, 5.74) is 3.54. The molecule has 0 fully saturated rings. The van der Waals surface area contributed by atoms with E-state index in [1.165, 1.54) is 12.1 Å². The van der Waals surface area contributed by atoms with Crippen molar-refractivity contribution in [1.82, 2.24) is 0 Å². The van der Waals surface area contributed by atoms with E-state index in [2.05, 4.69) is 13.8 Å². The van der Waals surface area contributed by atoms with Gasteiger partial charge in [-0.2, -0.15) is 0 Å². The number of rotatable bonds is 9. The molecule has 0 aliphatic heterocycles. The number of aliphatic hydroxyl groups excluding tert-OH is 2. The fourth-order valence-corrected chi connectivity index (χ4v) is 4.95. The van der Waals surface area contributed by atoms with Gasteiger partial charge in [-0.05, 0) is 34.7 Å². The topological polar surface area (TPSA) is 77.8 Å². The number of hydrogen-bond donors (Lipinski definition) is 3. The lowest BCUT2D eigenvalue weighted by Crippen LogP contribution is -2.19. The first-order valence-corrected chi connectivity index (χ1v) is 11.3. The molecule has 1 heterocycles. The van der Waals surface area contributed by atoms with Gasteiger partial charge in [0.2, 0.25) is 0 Å². The average molecular weight is 455 g/mol. The van der Waals surface area contributed by atoms with Crippen LogP contribution in [0.2, 0.25) is 0 Å². The third kappa shape index (κ3) is 5.91. The van der Waals surface area contributed by atoms with E-state index in [0.717, 1.165) is 32.0 Å². The maximum Gasteiger partial charge on any atom is 0.305 e. The average Bonchev–Trinajstić information content (AvgIpc) is 3.12. The molecule has 0 saturated carbocycles. The molecule has 4 nitrogen and oxygen atoms in total. The van der Waals surface area contributed by atoms with Crippen LogP contribution in [0.1, 0.15) is 43.0 Å². The van der Waals surface area contributed by atoms with Crippen LogP contribution in [-0.4, -0.2) is 33.5 Å². The van der Waals surface area contributed by atoms with Gasteiger partial charge in [0, 0.05) is 21.7 Å². The number of carboxylic acid groups (broad SMARTS) is 1. The van der Waals surface area contributed by atoms with Crippen LogP contribution < -0.4 is 0 Å². The molecule has 3 N–H and O–H groups in total. The van der Waals surface area contributed by atoms with Gasteiger partial charge in [0.25, 0.3) is 0 Å². The van der Waals surface area contributed by atoms with Gasteiger partial charge in [-0.15, -0.1) is 11.3 Å². The summed E-state index contributed by atoms with van der Waals surface area (Å²) in [6.07, 6.45) is 0.720. The molecule has 168 valence electrons. The highest BCUT2D eigenvalue weighted by Crippen LogP contribution is 2.46. The molecule has 2 atom stereocenters. The van der Waals surface area contributed by atoms with E-state index in [1.807, 2.05) is 36.4 Å². The van der Waals surface area contributed by atoms with Crippen LogP contribution in [0.25, 0.3) is 27.6 Å². The zero-order valence-electron chi connectivity index (χ0n) is 18.0. The Morgan fingerprint density at radius 1 is 1.06 bits per heavy atom. The van der Waals surface area contributed by atoms with Gasteiger partial charge in [-0.25, -0.2) is 4.39 Å². The minimum Gasteiger partial charge on any atom is -0.481 e. The fourth-order valence-electron chi connectivity index (χ4n) is 3.63. The predicted molar refractivity (Wildman–Crippen MR) is 127 cm³/mol. The number of aliphatic carboxylic acids is 1. The second kappa shape index (κ2) is 10.7. The second-order valence-electron chi connectivity index (χ2n) is 8.03. The van der Waals surface area contributed by atoms with Crippen molar-refractivity contribution in [2.45, 2.75) is 44.8 Å². The summed E-state index contributed by atoms with van der Waals surface area (Å²) in [6.45, 7) is 4.17. The van der Waals surface area contributed by atoms with E-state index in [9.17, 15) is 19.4 Å². The zero-order valence-corrected chi connectivity index (χ0v) is 18.8. The summed E-state index contributed by atoms with van der Waals surface area (Å²) < 4.78 is 14.1. The van der Waals surface area contributed by atoms with Gasteiger partial charge in [0.15, 0.2) is 0 Å². The molecule has 0 bridgehead atoms. The Morgan fingerprint density at radius 2 is 1.75 bits per heavy atom. The lowest BCUT2D eigenvalue weighted by atomic mass is 9.94. The summed E-state index contributed by atoms with van der Waals surface area (Å²) in [4.78, 5) is 12.9. The van der Waals surface area contributed by atoms with Crippen molar-refractivity contribution in [3.63, 3.8) is 0 Å². The van der Waals surface area contributed by atoms with Crippen LogP contribution in [0.15, 0.2) is 60.7 Å². The Hall–Kier alpha value is -2.80. The SMILES string of the molecule is CC(C)c1sc(-c2ccccc2)c(-c2cccc(F)c2)c1/C=C/[C@@H](O)C[C@@H](O)CC(=O)O. The Balaban J connectivity index is 2.09. The first-order valence-electron chi connectivity index (χ1n) is 10.5. The largest absolute Gasteiger partial charge is 0.481 e. The smallest absolute Gasteiger partial charge is 0.305 e. The highest BCUT2D eigenvalue weighted by molar-refractivity contribution is 7.16. The molecule has 3 aromatic rings. The minimum absolute atomic E-state index is 0.0786. The van der Waals surface area contributed by atoms with Crippen LogP contribution in [0.5, 0.6) is 0 Å². The molecule has 0 aliphatic carbocycles. The van der Waals surface area contributed by atoms with Crippen molar-refractivity contribution >= 4 is 23.4 Å². The minimum atomic E-state index is -1.14. The predicted octanol–water partition coefficient (Wildman–Crippen LogP) is 5.94. The highest BCUT2D eigenvalue weighted by atomic mass is 32.1. The van der Waals surface area contributed by atoms with Crippen LogP contribution in [0, 0.1) is 5.82 Å². The van der Waals surface area contributed by atoms with E-state index in [0.29, 0.717) is 0 Å². The van der Waals surface area contributed by atoms with Crippen molar-refractivity contribution in [1.29, 1.82) is 0 Å². The Bertz CT molecular complexity index is 1090. The maximum absolute atomic E-state index is 14.1. The van der Waals surface area contributed by atoms with Gasteiger partial charge in [-0.3, -0.25) is 4.79 Å². The van der Waals surface area contributed by atoms with E-state index in [4.69, 9.17) is 5.11 Å². The summed E-state index contributed by atoms with van der Waals surface area (Å²) in [5, 5.41) is 29.0. The standard InChI is InChI=1S/C26H27FO4S/c1-16(2)25-22(12-11-20(28)14-21(29)15-23(30)31)24(18-9-6-10-19(27)13-18)26(32-25)17-7-4-3-5-8-17/h3-13,16,20-21,28-29H,14-15H2,1-2H3,(H,30,31)/b12-11+/t20-,21-/m1/s1. The molecule has 3 rings (SSSR count). The van der Waals surface area contributed by atoms with Gasteiger partial charge >= 0.3 is 5.97 Å². The Morgan fingerprint density at radius 3 is 2.38 bits per heavy atom. The second-order valence-corrected chi connectivity index (χ2v) is 9.08. The number of halogens is 1. The molecule has 0 saturated heterocycles. The molecule has 1 aromatic heterocycles. The highest BCUT2D eigenvalue weighted by Gasteiger charge is 2.22. The molecule has 0 radical (unpaired) electrons. The van der Waals surface area contributed by atoms with Crippen LogP contribution in [-0.2, 0) is 4.79 Å². The number of aliphatic hydroxyl groups is 2. The molecule has 0 spiro atoms. The van der Waals surface area contributed by atoms with E-state index >= 15 is 0 Å². The van der Waals surface area contributed by atoms with Crippen LogP contribution in [0.3, 0.4) is 0 Å². The van der Waals surface area contributed by atoms with E-state index in [1.54, 1.807) is 29.6 Å². The number of carboxylic acids is 1. The van der Waals surface area contributed by atoms with Gasteiger partial charge in [0.05, 0.1) is 18.6 Å². The van der Waals surface area contributed by atoms with Gasteiger partial charge in [-0.1, -0.05) is 68.5 Å². The lowest BCUT2D eigenvalue weighted by molar-refractivity contribution is -0.139. The zero-order chi connectivity index (χ0) is 23.3. The van der Waals surface area contributed by atoms with Gasteiger partial charge < -0.3 is 15.3 Å². The van der Waals surface area contributed by atoms with Crippen molar-refractivity contribution in [3.8, 4) is 21.6 Å². The molecule has 0 amide bonds. The van der Waals surface area contributed by atoms with Crippen molar-refractivity contribution < 1.29 is 24.5 Å². The number of carbonyl (C=O) groups is 1. The Labute approximate surface area is 191 Å². The molecule has 0 unspecified atom stereocenters. The summed E-state index contributed by atoms with van der Waals surface area (Å²) in [6, 6.07) is 16.4. The van der Waals surface area contributed by atoms with Gasteiger partial charge in [0.1, 0.15) is 5.82 Å². The quantitative estimate of drug-likeness (QED) is 0.374. The monoisotopic (exact) mass is 454 g/mol. The summed E-state index contributed by atoms with van der Waals surface area (Å²) in [7, 11) is 0. The first-order chi connectivity index (χ1) is 15.3. The fraction of sp³-hybridized carbons (Fsp3) is 0.269. The third-order valence-corrected chi connectivity index (χ3v) is 6.61. The number of thiophene rings is 1. The third-order valence-electron chi connectivity index (χ3n) is 5.06. The van der Waals surface area contributed by atoms with Crippen LogP contribution in [0.4, 0.5) is 4.39 Å². The Kier molecular flexibility index (Phi) is 7.96. The molecule has 32 heavy (non-hydrogen) atoms. The molecule has 2 aromatic carbocycles. The maximum atomic E-state index is 14.1. The molecular weight excluding hydrogens is 427 g/mol. The van der Waals surface area contributed by atoms with Crippen molar-refractivity contribution in [2.75, 3.05) is 0 Å². The first kappa shape index (κ1) is 23.9. The normalized spacial score (nSPS) is 13.6. The lowest BCUT2D eigenvalue weighted by Gasteiger charge is -2.12. The molecule has 0 aliphatic rings. The van der Waals surface area contributed by atoms with Crippen molar-refractivity contribution in [3.05, 3.63) is 76.9 Å². The van der Waals surface area contributed by atoms with Crippen molar-refractivity contribution in [2.24, 2.45) is 0 Å². The summed E-state index contributed by atoms with van der Waals surface area (Å²) >= 11 is 1.64. The molecule has 6 heteroatoms. The number of benzene rings is 2. The van der Waals surface area contributed by atoms with Crippen LogP contribution >= 0.6 is 11.3 Å². The number of hydrogen-bond acceptors (Lipinski definition) is 4. The summed E-state index contributed by atoms with van der Waals surface area (Å²) in [5.74, 6) is -1.25.